The van der Waals surface area contributed by atoms with E-state index < -0.39 is 0 Å². The zero-order chi connectivity index (χ0) is 7.97. The molecule has 5 nitrogen and oxygen atoms in total. The van der Waals surface area contributed by atoms with Gasteiger partial charge < -0.3 is 4.42 Å². The summed E-state index contributed by atoms with van der Waals surface area (Å²) in [5.74, 6) is 0.611. The Morgan fingerprint density at radius 1 is 1.33 bits per heavy atom. The van der Waals surface area contributed by atoms with Crippen LogP contribution in [0, 0.1) is 0 Å². The summed E-state index contributed by atoms with van der Waals surface area (Å²) in [6.07, 6.45) is 4.90. The van der Waals surface area contributed by atoms with Crippen LogP contribution in [0.4, 0.5) is 0 Å². The Kier molecular flexibility index (Phi) is 0.864. The zero-order valence-electron chi connectivity index (χ0n) is 6.01. The first-order valence-electron chi connectivity index (χ1n) is 3.47. The van der Waals surface area contributed by atoms with Gasteiger partial charge >= 0.3 is 0 Å². The van der Waals surface area contributed by atoms with Gasteiger partial charge in [0.15, 0.2) is 6.39 Å². The third kappa shape index (κ3) is 0.554. The Balaban J connectivity index is 2.68. The second kappa shape index (κ2) is 1.82. The Bertz CT molecular complexity index is 537. The molecular weight excluding hydrogens is 156 g/mol. The Labute approximate surface area is 66.7 Å². The van der Waals surface area contributed by atoms with Gasteiger partial charge in [0.25, 0.3) is 5.71 Å². The van der Waals surface area contributed by atoms with E-state index in [0.29, 0.717) is 17.1 Å². The number of oxazole rings is 1. The fourth-order valence-corrected chi connectivity index (χ4v) is 1.18. The van der Waals surface area contributed by atoms with Crippen molar-refractivity contribution in [3.05, 3.63) is 24.9 Å². The second-order valence-corrected chi connectivity index (χ2v) is 2.38. The molecule has 0 aliphatic heterocycles. The highest BCUT2D eigenvalue weighted by Crippen LogP contribution is 2.11. The van der Waals surface area contributed by atoms with Crippen LogP contribution in [0.25, 0.3) is 17.1 Å². The zero-order valence-corrected chi connectivity index (χ0v) is 6.01. The summed E-state index contributed by atoms with van der Waals surface area (Å²) in [5.41, 5.74) is 1.23. The lowest BCUT2D eigenvalue weighted by molar-refractivity contribution is 0.592. The van der Waals surface area contributed by atoms with Crippen LogP contribution in [-0.4, -0.2) is 19.4 Å². The summed E-state index contributed by atoms with van der Waals surface area (Å²) in [6, 6.07) is 1.82. The second-order valence-electron chi connectivity index (χ2n) is 2.38. The smallest absolute Gasteiger partial charge is 0.268 e. The van der Waals surface area contributed by atoms with Crippen LogP contribution >= 0.6 is 0 Å². The van der Waals surface area contributed by atoms with E-state index in [1.807, 2.05) is 12.3 Å². The lowest BCUT2D eigenvalue weighted by Crippen LogP contribution is -1.85. The van der Waals surface area contributed by atoms with Crippen molar-refractivity contribution in [2.24, 2.45) is 0 Å². The number of hydrogen-bond acceptors (Lipinski definition) is 4. The van der Waals surface area contributed by atoms with Crippen molar-refractivity contribution in [3.63, 3.8) is 0 Å². The van der Waals surface area contributed by atoms with Crippen molar-refractivity contribution in [2.45, 2.75) is 0 Å². The molecule has 0 fully saturated rings. The number of imidazole rings is 1. The van der Waals surface area contributed by atoms with Gasteiger partial charge in [-0.05, 0) is 6.07 Å². The summed E-state index contributed by atoms with van der Waals surface area (Å²) in [4.78, 5) is 12.1. The molecule has 12 heavy (non-hydrogen) atoms. The number of hydrogen-bond donors (Lipinski definition) is 0. The highest BCUT2D eigenvalue weighted by Gasteiger charge is 2.06. The Morgan fingerprint density at radius 3 is 3.33 bits per heavy atom. The van der Waals surface area contributed by atoms with Crippen molar-refractivity contribution in [1.82, 2.24) is 19.4 Å². The topological polar surface area (TPSA) is 56.2 Å². The molecule has 0 bridgehead atoms. The molecule has 0 unspecified atom stereocenters. The van der Waals surface area contributed by atoms with E-state index in [2.05, 4.69) is 15.0 Å². The Hall–Kier alpha value is -1.91. The molecule has 0 radical (unpaired) electrons. The summed E-state index contributed by atoms with van der Waals surface area (Å²) in [6.45, 7) is 0. The minimum absolute atomic E-state index is 0.522. The van der Waals surface area contributed by atoms with Crippen LogP contribution in [0.5, 0.6) is 0 Å². The van der Waals surface area contributed by atoms with E-state index in [1.54, 1.807) is 10.6 Å². The maximum Gasteiger partial charge on any atom is 0.268 e. The Morgan fingerprint density at radius 2 is 2.33 bits per heavy atom. The molecule has 0 saturated heterocycles. The highest BCUT2D eigenvalue weighted by molar-refractivity contribution is 5.68. The number of rotatable bonds is 0. The van der Waals surface area contributed by atoms with E-state index in [1.165, 1.54) is 6.39 Å². The fraction of sp³-hybridized carbons (Fsp3) is 0. The van der Waals surface area contributed by atoms with E-state index in [0.717, 1.165) is 0 Å². The maximum atomic E-state index is 5.02. The molecule has 0 aliphatic rings. The largest absolute Gasteiger partial charge is 0.424 e. The van der Waals surface area contributed by atoms with Crippen LogP contribution in [0.1, 0.15) is 0 Å². The highest BCUT2D eigenvalue weighted by atomic mass is 16.3. The van der Waals surface area contributed by atoms with Gasteiger partial charge in [-0.3, -0.25) is 4.40 Å². The molecule has 0 N–H and O–H groups in total. The van der Waals surface area contributed by atoms with Crippen LogP contribution in [0.2, 0.25) is 0 Å². The van der Waals surface area contributed by atoms with Crippen molar-refractivity contribution < 1.29 is 4.42 Å². The molecule has 3 aromatic rings. The van der Waals surface area contributed by atoms with E-state index in [-0.39, 0.29) is 0 Å². The monoisotopic (exact) mass is 160 g/mol. The molecule has 0 amide bonds. The van der Waals surface area contributed by atoms with Gasteiger partial charge in [-0.15, -0.1) is 0 Å². The van der Waals surface area contributed by atoms with Crippen LogP contribution in [-0.2, 0) is 0 Å². The van der Waals surface area contributed by atoms with Crippen LogP contribution < -0.4 is 0 Å². The van der Waals surface area contributed by atoms with E-state index in [4.69, 9.17) is 4.42 Å². The van der Waals surface area contributed by atoms with Crippen LogP contribution in [0.3, 0.4) is 0 Å². The van der Waals surface area contributed by atoms with Crippen molar-refractivity contribution in [1.29, 1.82) is 0 Å². The van der Waals surface area contributed by atoms with Crippen molar-refractivity contribution in [2.75, 3.05) is 0 Å². The maximum absolute atomic E-state index is 5.02. The van der Waals surface area contributed by atoms with Crippen molar-refractivity contribution >= 4 is 17.1 Å². The quantitative estimate of drug-likeness (QED) is 0.489. The molecule has 0 atom stereocenters. The van der Waals surface area contributed by atoms with Gasteiger partial charge in [-0.1, -0.05) is 0 Å². The minimum atomic E-state index is 0.522. The van der Waals surface area contributed by atoms with Gasteiger partial charge in [-0.2, -0.15) is 9.97 Å². The first-order valence-corrected chi connectivity index (χ1v) is 3.47. The van der Waals surface area contributed by atoms with Crippen molar-refractivity contribution in [3.8, 4) is 0 Å². The predicted molar refractivity (Wildman–Crippen MR) is 40.6 cm³/mol. The first-order chi connectivity index (χ1) is 5.95. The summed E-state index contributed by atoms with van der Waals surface area (Å²) < 4.78 is 6.80. The standard InChI is InChI=1S/C7H4N4O/c1-2-8-7-10-6-5(9-4-12-6)11(7)3-1/h1-4H. The molecular formula is C7H4N4O. The molecule has 0 saturated carbocycles. The average molecular weight is 160 g/mol. The molecule has 5 heteroatoms. The summed E-state index contributed by atoms with van der Waals surface area (Å²) in [5, 5.41) is 0. The van der Waals surface area contributed by atoms with Gasteiger partial charge in [0.2, 0.25) is 11.4 Å². The predicted octanol–water partition coefficient (Wildman–Crippen LogP) is 0.870. The lowest BCUT2D eigenvalue weighted by Gasteiger charge is -1.87. The normalized spacial score (nSPS) is 11.3. The number of aromatic nitrogens is 4. The molecule has 0 aromatic carbocycles. The number of fused-ring (bicyclic) bond motifs is 3. The third-order valence-corrected chi connectivity index (χ3v) is 1.69. The minimum Gasteiger partial charge on any atom is -0.424 e. The molecule has 3 aromatic heterocycles. The molecule has 3 heterocycles. The number of nitrogens with zero attached hydrogens (tertiary/aromatic N) is 4. The summed E-state index contributed by atoms with van der Waals surface area (Å²) >= 11 is 0. The fourth-order valence-electron chi connectivity index (χ4n) is 1.18. The third-order valence-electron chi connectivity index (χ3n) is 1.69. The average Bonchev–Trinajstić information content (AvgIpc) is 2.62. The van der Waals surface area contributed by atoms with Crippen LogP contribution in [0.15, 0.2) is 29.3 Å². The van der Waals surface area contributed by atoms with Gasteiger partial charge in [0.05, 0.1) is 0 Å². The molecule has 58 valence electrons. The van der Waals surface area contributed by atoms with E-state index >= 15 is 0 Å². The summed E-state index contributed by atoms with van der Waals surface area (Å²) in [7, 11) is 0. The lowest BCUT2D eigenvalue weighted by atomic mass is 10.6. The van der Waals surface area contributed by atoms with E-state index in [9.17, 15) is 0 Å². The SMILES string of the molecule is c1cnc2nc3ocnc3n2c1. The molecule has 3 rings (SSSR count). The molecule has 0 aliphatic carbocycles. The van der Waals surface area contributed by atoms with Gasteiger partial charge in [0.1, 0.15) is 0 Å². The first kappa shape index (κ1) is 5.70. The van der Waals surface area contributed by atoms with Gasteiger partial charge in [0, 0.05) is 12.4 Å². The van der Waals surface area contributed by atoms with Gasteiger partial charge in [-0.25, -0.2) is 4.98 Å². The molecule has 0 spiro atoms.